The lowest BCUT2D eigenvalue weighted by molar-refractivity contribution is -0.120. The highest BCUT2D eigenvalue weighted by Crippen LogP contribution is 2.11. The van der Waals surface area contributed by atoms with Gasteiger partial charge in [0.2, 0.25) is 5.91 Å². The van der Waals surface area contributed by atoms with E-state index < -0.39 is 0 Å². The smallest absolute Gasteiger partial charge is 0.224 e. The van der Waals surface area contributed by atoms with Gasteiger partial charge < -0.3 is 14.6 Å². The molecule has 1 aromatic carbocycles. The molecular weight excluding hydrogens is 266 g/mol. The van der Waals surface area contributed by atoms with Crippen molar-refractivity contribution in [2.24, 2.45) is 0 Å². The Labute approximate surface area is 125 Å². The van der Waals surface area contributed by atoms with Gasteiger partial charge in [0.15, 0.2) is 0 Å². The Kier molecular flexibility index (Phi) is 5.82. The number of amides is 1. The summed E-state index contributed by atoms with van der Waals surface area (Å²) < 4.78 is 7.13. The van der Waals surface area contributed by atoms with Crippen LogP contribution in [0.4, 0.5) is 0 Å². The number of ether oxygens (including phenoxy) is 1. The third kappa shape index (κ3) is 5.30. The third-order valence-electron chi connectivity index (χ3n) is 3.25. The molecule has 1 amide bonds. The standard InChI is InChI=1S/C16H21N3O2/c1-21-15-6-4-14(5-7-15)12-16(20)18-8-2-3-10-19-11-9-17-13-19/h4-7,9,11,13H,2-3,8,10,12H2,1H3,(H,18,20). The second kappa shape index (κ2) is 8.09. The minimum atomic E-state index is 0.0581. The van der Waals surface area contributed by atoms with Crippen LogP contribution < -0.4 is 10.1 Å². The van der Waals surface area contributed by atoms with Crippen LogP contribution in [0.5, 0.6) is 5.75 Å². The number of nitrogens with one attached hydrogen (secondary N) is 1. The van der Waals surface area contributed by atoms with E-state index in [0.717, 1.165) is 30.7 Å². The van der Waals surface area contributed by atoms with Gasteiger partial charge >= 0.3 is 0 Å². The molecule has 2 aromatic rings. The van der Waals surface area contributed by atoms with Crippen LogP contribution in [0.1, 0.15) is 18.4 Å². The van der Waals surface area contributed by atoms with Crippen molar-refractivity contribution in [3.63, 3.8) is 0 Å². The van der Waals surface area contributed by atoms with Gasteiger partial charge in [-0.2, -0.15) is 0 Å². The molecule has 0 aliphatic carbocycles. The van der Waals surface area contributed by atoms with Gasteiger partial charge in [-0.1, -0.05) is 12.1 Å². The van der Waals surface area contributed by atoms with Gasteiger partial charge in [-0.25, -0.2) is 4.98 Å². The average Bonchev–Trinajstić information content (AvgIpc) is 3.01. The van der Waals surface area contributed by atoms with E-state index >= 15 is 0 Å². The van der Waals surface area contributed by atoms with Gasteiger partial charge in [0.05, 0.1) is 19.9 Å². The van der Waals surface area contributed by atoms with Crippen LogP contribution in [0.2, 0.25) is 0 Å². The number of rotatable bonds is 8. The van der Waals surface area contributed by atoms with E-state index in [-0.39, 0.29) is 5.91 Å². The molecule has 21 heavy (non-hydrogen) atoms. The van der Waals surface area contributed by atoms with Crippen molar-refractivity contribution in [2.45, 2.75) is 25.8 Å². The Morgan fingerprint density at radius 2 is 2.10 bits per heavy atom. The summed E-state index contributed by atoms with van der Waals surface area (Å²) in [6.45, 7) is 1.65. The number of nitrogens with zero attached hydrogens (tertiary/aromatic N) is 2. The average molecular weight is 287 g/mol. The third-order valence-corrected chi connectivity index (χ3v) is 3.25. The molecule has 0 aliphatic heterocycles. The number of unbranched alkanes of at least 4 members (excludes halogenated alkanes) is 1. The summed E-state index contributed by atoms with van der Waals surface area (Å²) in [5, 5.41) is 2.94. The van der Waals surface area contributed by atoms with Crippen LogP contribution in [-0.4, -0.2) is 29.1 Å². The molecule has 1 N–H and O–H groups in total. The monoisotopic (exact) mass is 287 g/mol. The number of carbonyl (C=O) groups is 1. The number of imidazole rings is 1. The molecule has 5 nitrogen and oxygen atoms in total. The summed E-state index contributed by atoms with van der Waals surface area (Å²) >= 11 is 0. The maximum Gasteiger partial charge on any atom is 0.224 e. The molecule has 0 atom stereocenters. The highest BCUT2D eigenvalue weighted by molar-refractivity contribution is 5.78. The molecule has 0 saturated heterocycles. The highest BCUT2D eigenvalue weighted by Gasteiger charge is 2.03. The first-order valence-corrected chi connectivity index (χ1v) is 7.13. The van der Waals surface area contributed by atoms with Crippen molar-refractivity contribution in [3.8, 4) is 5.75 Å². The predicted octanol–water partition coefficient (Wildman–Crippen LogP) is 2.03. The number of hydrogen-bond donors (Lipinski definition) is 1. The predicted molar refractivity (Wildman–Crippen MR) is 81.2 cm³/mol. The summed E-state index contributed by atoms with van der Waals surface area (Å²) in [7, 11) is 1.63. The van der Waals surface area contributed by atoms with Crippen molar-refractivity contribution < 1.29 is 9.53 Å². The van der Waals surface area contributed by atoms with Crippen LogP contribution >= 0.6 is 0 Å². The van der Waals surface area contributed by atoms with Crippen LogP contribution in [-0.2, 0) is 17.8 Å². The van der Waals surface area contributed by atoms with Crippen molar-refractivity contribution in [1.82, 2.24) is 14.9 Å². The SMILES string of the molecule is COc1ccc(CC(=O)NCCCCn2ccnc2)cc1. The molecule has 0 radical (unpaired) electrons. The maximum atomic E-state index is 11.8. The minimum absolute atomic E-state index is 0.0581. The largest absolute Gasteiger partial charge is 0.497 e. The van der Waals surface area contributed by atoms with E-state index in [1.54, 1.807) is 13.3 Å². The molecule has 0 fully saturated rings. The molecular formula is C16H21N3O2. The lowest BCUT2D eigenvalue weighted by Crippen LogP contribution is -2.26. The van der Waals surface area contributed by atoms with Crippen molar-refractivity contribution in [3.05, 3.63) is 48.5 Å². The fourth-order valence-electron chi connectivity index (χ4n) is 2.06. The molecule has 5 heteroatoms. The normalized spacial score (nSPS) is 10.3. The van der Waals surface area contributed by atoms with E-state index in [2.05, 4.69) is 10.3 Å². The fourth-order valence-corrected chi connectivity index (χ4v) is 2.06. The second-order valence-electron chi connectivity index (χ2n) is 4.88. The number of aryl methyl sites for hydroxylation is 1. The fraction of sp³-hybridized carbons (Fsp3) is 0.375. The highest BCUT2D eigenvalue weighted by atomic mass is 16.5. The number of methoxy groups -OCH3 is 1. The Balaban J connectivity index is 1.60. The number of benzene rings is 1. The van der Waals surface area contributed by atoms with Gasteiger partial charge in [-0.3, -0.25) is 4.79 Å². The maximum absolute atomic E-state index is 11.8. The zero-order valence-corrected chi connectivity index (χ0v) is 12.3. The lowest BCUT2D eigenvalue weighted by Gasteiger charge is -2.06. The Morgan fingerprint density at radius 1 is 1.29 bits per heavy atom. The zero-order valence-electron chi connectivity index (χ0n) is 12.3. The summed E-state index contributed by atoms with van der Waals surface area (Å²) in [5.74, 6) is 0.862. The van der Waals surface area contributed by atoms with Gasteiger partial charge in [-0.05, 0) is 30.5 Å². The molecule has 2 rings (SSSR count). The van der Waals surface area contributed by atoms with Crippen molar-refractivity contribution >= 4 is 5.91 Å². The van der Waals surface area contributed by atoms with E-state index in [0.29, 0.717) is 13.0 Å². The second-order valence-corrected chi connectivity index (χ2v) is 4.88. The van der Waals surface area contributed by atoms with Gasteiger partial charge in [0.1, 0.15) is 5.75 Å². The zero-order chi connectivity index (χ0) is 14.9. The van der Waals surface area contributed by atoms with Gasteiger partial charge in [0.25, 0.3) is 0 Å². The van der Waals surface area contributed by atoms with Crippen molar-refractivity contribution in [1.29, 1.82) is 0 Å². The Morgan fingerprint density at radius 3 is 2.76 bits per heavy atom. The Bertz CT molecular complexity index is 535. The summed E-state index contributed by atoms with van der Waals surface area (Å²) in [5.41, 5.74) is 0.992. The lowest BCUT2D eigenvalue weighted by atomic mass is 10.1. The molecule has 0 bridgehead atoms. The van der Waals surface area contributed by atoms with Crippen LogP contribution in [0, 0.1) is 0 Å². The number of aromatic nitrogens is 2. The van der Waals surface area contributed by atoms with E-state index in [4.69, 9.17) is 4.74 Å². The van der Waals surface area contributed by atoms with Gasteiger partial charge in [0, 0.05) is 25.5 Å². The molecule has 112 valence electrons. The molecule has 0 saturated carbocycles. The number of hydrogen-bond acceptors (Lipinski definition) is 3. The number of carbonyl (C=O) groups excluding carboxylic acids is 1. The summed E-state index contributed by atoms with van der Waals surface area (Å²) in [4.78, 5) is 15.8. The quantitative estimate of drug-likeness (QED) is 0.756. The molecule has 0 unspecified atom stereocenters. The topological polar surface area (TPSA) is 56.1 Å². The first-order valence-electron chi connectivity index (χ1n) is 7.13. The first-order chi connectivity index (χ1) is 10.3. The molecule has 1 heterocycles. The minimum Gasteiger partial charge on any atom is -0.497 e. The van der Waals surface area contributed by atoms with E-state index in [9.17, 15) is 4.79 Å². The molecule has 0 aliphatic rings. The van der Waals surface area contributed by atoms with E-state index in [1.165, 1.54) is 0 Å². The van der Waals surface area contributed by atoms with Gasteiger partial charge in [-0.15, -0.1) is 0 Å². The van der Waals surface area contributed by atoms with E-state index in [1.807, 2.05) is 41.4 Å². The van der Waals surface area contributed by atoms with Crippen molar-refractivity contribution in [2.75, 3.05) is 13.7 Å². The summed E-state index contributed by atoms with van der Waals surface area (Å²) in [6.07, 6.45) is 7.93. The Hall–Kier alpha value is -2.30. The first kappa shape index (κ1) is 15.1. The van der Waals surface area contributed by atoms with Crippen LogP contribution in [0.15, 0.2) is 43.0 Å². The summed E-state index contributed by atoms with van der Waals surface area (Å²) in [6, 6.07) is 7.57. The molecule has 1 aromatic heterocycles. The molecule has 0 spiro atoms. The van der Waals surface area contributed by atoms with Crippen LogP contribution in [0.25, 0.3) is 0 Å². The van der Waals surface area contributed by atoms with Crippen LogP contribution in [0.3, 0.4) is 0 Å².